The number of carbonyl (C=O) groups excluding carboxylic acids is 1. The SMILES string of the molecule is CCCOc1ccc(C(C)NC(=O)c2ccc(CN)cc2)cc1OCCC.Cl. The van der Waals surface area contributed by atoms with Crippen LogP contribution in [0.1, 0.15) is 61.1 Å². The molecule has 3 N–H and O–H groups in total. The average molecular weight is 407 g/mol. The maximum absolute atomic E-state index is 12.5. The predicted octanol–water partition coefficient (Wildman–Crippen LogP) is 4.64. The van der Waals surface area contributed by atoms with Gasteiger partial charge in [-0.1, -0.05) is 32.0 Å². The fourth-order valence-electron chi connectivity index (χ4n) is 2.61. The number of rotatable bonds is 10. The second-order valence-corrected chi connectivity index (χ2v) is 6.50. The summed E-state index contributed by atoms with van der Waals surface area (Å²) in [5, 5.41) is 3.03. The first-order chi connectivity index (χ1) is 13.1. The van der Waals surface area contributed by atoms with Gasteiger partial charge in [0.05, 0.1) is 19.3 Å². The Balaban J connectivity index is 0.00000392. The summed E-state index contributed by atoms with van der Waals surface area (Å²) >= 11 is 0. The van der Waals surface area contributed by atoms with Crippen LogP contribution >= 0.6 is 12.4 Å². The predicted molar refractivity (Wildman–Crippen MR) is 115 cm³/mol. The zero-order valence-corrected chi connectivity index (χ0v) is 17.7. The largest absolute Gasteiger partial charge is 0.490 e. The van der Waals surface area contributed by atoms with Crippen molar-refractivity contribution < 1.29 is 14.3 Å². The van der Waals surface area contributed by atoms with Crippen LogP contribution in [0, 0.1) is 0 Å². The molecule has 1 atom stereocenters. The van der Waals surface area contributed by atoms with E-state index >= 15 is 0 Å². The van der Waals surface area contributed by atoms with Crippen LogP contribution in [-0.4, -0.2) is 19.1 Å². The van der Waals surface area contributed by atoms with Gasteiger partial charge in [0, 0.05) is 12.1 Å². The number of nitrogens with two attached hydrogens (primary N) is 1. The lowest BCUT2D eigenvalue weighted by Gasteiger charge is -2.18. The topological polar surface area (TPSA) is 73.6 Å². The van der Waals surface area contributed by atoms with Gasteiger partial charge in [-0.3, -0.25) is 4.79 Å². The molecule has 0 aliphatic heterocycles. The Bertz CT molecular complexity index is 735. The van der Waals surface area contributed by atoms with E-state index in [1.807, 2.05) is 37.3 Å². The molecule has 0 heterocycles. The zero-order valence-electron chi connectivity index (χ0n) is 16.9. The van der Waals surface area contributed by atoms with Crippen molar-refractivity contribution in [2.45, 2.75) is 46.2 Å². The third-order valence-electron chi connectivity index (χ3n) is 4.19. The van der Waals surface area contributed by atoms with E-state index < -0.39 is 0 Å². The molecule has 2 rings (SSSR count). The van der Waals surface area contributed by atoms with E-state index in [9.17, 15) is 4.79 Å². The number of halogens is 1. The molecule has 28 heavy (non-hydrogen) atoms. The van der Waals surface area contributed by atoms with Crippen LogP contribution in [0.25, 0.3) is 0 Å². The highest BCUT2D eigenvalue weighted by Gasteiger charge is 2.14. The maximum atomic E-state index is 12.5. The van der Waals surface area contributed by atoms with Crippen LogP contribution in [0.3, 0.4) is 0 Å². The van der Waals surface area contributed by atoms with Crippen molar-refractivity contribution in [3.8, 4) is 11.5 Å². The lowest BCUT2D eigenvalue weighted by atomic mass is 10.1. The van der Waals surface area contributed by atoms with Crippen molar-refractivity contribution in [3.05, 3.63) is 59.2 Å². The van der Waals surface area contributed by atoms with E-state index in [4.69, 9.17) is 15.2 Å². The summed E-state index contributed by atoms with van der Waals surface area (Å²) < 4.78 is 11.6. The van der Waals surface area contributed by atoms with E-state index in [2.05, 4.69) is 19.2 Å². The van der Waals surface area contributed by atoms with Crippen LogP contribution in [0.5, 0.6) is 11.5 Å². The summed E-state index contributed by atoms with van der Waals surface area (Å²) in [7, 11) is 0. The average Bonchev–Trinajstić information content (AvgIpc) is 2.70. The first-order valence-electron chi connectivity index (χ1n) is 9.58. The molecule has 2 aromatic carbocycles. The van der Waals surface area contributed by atoms with Crippen molar-refractivity contribution in [1.29, 1.82) is 0 Å². The minimum atomic E-state index is -0.157. The molecule has 0 spiro atoms. The van der Waals surface area contributed by atoms with Gasteiger partial charge >= 0.3 is 0 Å². The van der Waals surface area contributed by atoms with Crippen molar-refractivity contribution in [3.63, 3.8) is 0 Å². The van der Waals surface area contributed by atoms with Gasteiger partial charge in [0.15, 0.2) is 11.5 Å². The lowest BCUT2D eigenvalue weighted by Crippen LogP contribution is -2.26. The second-order valence-electron chi connectivity index (χ2n) is 6.50. The van der Waals surface area contributed by atoms with Gasteiger partial charge in [0.25, 0.3) is 5.91 Å². The first kappa shape index (κ1) is 23.8. The Morgan fingerprint density at radius 1 is 1.00 bits per heavy atom. The molecule has 2 aromatic rings. The molecule has 0 bridgehead atoms. The van der Waals surface area contributed by atoms with Gasteiger partial charge in [-0.15, -0.1) is 12.4 Å². The number of ether oxygens (including phenoxy) is 2. The van der Waals surface area contributed by atoms with Crippen molar-refractivity contribution >= 4 is 18.3 Å². The van der Waals surface area contributed by atoms with E-state index in [1.165, 1.54) is 0 Å². The van der Waals surface area contributed by atoms with Gasteiger partial charge in [-0.2, -0.15) is 0 Å². The minimum Gasteiger partial charge on any atom is -0.490 e. The Morgan fingerprint density at radius 3 is 2.18 bits per heavy atom. The summed E-state index contributed by atoms with van der Waals surface area (Å²) in [5.74, 6) is 1.34. The summed E-state index contributed by atoms with van der Waals surface area (Å²) in [4.78, 5) is 12.5. The van der Waals surface area contributed by atoms with Crippen LogP contribution in [0.4, 0.5) is 0 Å². The normalized spacial score (nSPS) is 11.3. The third kappa shape index (κ3) is 6.73. The van der Waals surface area contributed by atoms with Gasteiger partial charge in [0.1, 0.15) is 0 Å². The smallest absolute Gasteiger partial charge is 0.251 e. The lowest BCUT2D eigenvalue weighted by molar-refractivity contribution is 0.0940. The maximum Gasteiger partial charge on any atom is 0.251 e. The zero-order chi connectivity index (χ0) is 19.6. The summed E-state index contributed by atoms with van der Waals surface area (Å²) in [6, 6.07) is 13.0. The Morgan fingerprint density at radius 2 is 1.61 bits per heavy atom. The molecule has 154 valence electrons. The molecule has 0 saturated carbocycles. The number of hydrogen-bond donors (Lipinski definition) is 2. The molecule has 1 unspecified atom stereocenters. The molecule has 0 saturated heterocycles. The number of hydrogen-bond acceptors (Lipinski definition) is 4. The number of nitrogens with one attached hydrogen (secondary N) is 1. The standard InChI is InChI=1S/C22H30N2O3.ClH/c1-4-12-26-20-11-10-19(14-21(20)27-13-5-2)16(3)24-22(25)18-8-6-17(15-23)7-9-18;/h6-11,14,16H,4-5,12-13,15,23H2,1-3H3,(H,24,25);1H. The monoisotopic (exact) mass is 406 g/mol. The molecule has 0 aliphatic rings. The van der Waals surface area contributed by atoms with E-state index in [0.29, 0.717) is 25.3 Å². The Kier molecular flexibility index (Phi) is 10.4. The van der Waals surface area contributed by atoms with Gasteiger partial charge in [-0.25, -0.2) is 0 Å². The minimum absolute atomic E-state index is 0. The van der Waals surface area contributed by atoms with Crippen LogP contribution in [-0.2, 0) is 6.54 Å². The van der Waals surface area contributed by atoms with Gasteiger partial charge in [-0.05, 0) is 55.2 Å². The van der Waals surface area contributed by atoms with Crippen LogP contribution in [0.15, 0.2) is 42.5 Å². The summed E-state index contributed by atoms with van der Waals surface area (Å²) in [6.07, 6.45) is 1.85. The highest BCUT2D eigenvalue weighted by molar-refractivity contribution is 5.94. The van der Waals surface area contributed by atoms with E-state index in [1.54, 1.807) is 12.1 Å². The third-order valence-corrected chi connectivity index (χ3v) is 4.19. The van der Waals surface area contributed by atoms with Crippen molar-refractivity contribution in [2.75, 3.05) is 13.2 Å². The van der Waals surface area contributed by atoms with Gasteiger partial charge in [0.2, 0.25) is 0 Å². The molecule has 0 radical (unpaired) electrons. The summed E-state index contributed by atoms with van der Waals surface area (Å²) in [5.41, 5.74) is 8.19. The Hall–Kier alpha value is -2.24. The first-order valence-corrected chi connectivity index (χ1v) is 9.58. The van der Waals surface area contributed by atoms with Gasteiger partial charge < -0.3 is 20.5 Å². The molecule has 5 nitrogen and oxygen atoms in total. The Labute approximate surface area is 174 Å². The number of amides is 1. The fraction of sp³-hybridized carbons (Fsp3) is 0.409. The van der Waals surface area contributed by atoms with Crippen molar-refractivity contribution in [1.82, 2.24) is 5.32 Å². The highest BCUT2D eigenvalue weighted by Crippen LogP contribution is 2.31. The molecule has 0 aromatic heterocycles. The molecule has 0 aliphatic carbocycles. The van der Waals surface area contributed by atoms with E-state index in [-0.39, 0.29) is 24.4 Å². The molecular weight excluding hydrogens is 376 g/mol. The fourth-order valence-corrected chi connectivity index (χ4v) is 2.61. The van der Waals surface area contributed by atoms with Crippen molar-refractivity contribution in [2.24, 2.45) is 5.73 Å². The summed E-state index contributed by atoms with van der Waals surface area (Å²) in [6.45, 7) is 7.82. The van der Waals surface area contributed by atoms with Crippen LogP contribution < -0.4 is 20.5 Å². The number of carbonyl (C=O) groups is 1. The highest BCUT2D eigenvalue weighted by atomic mass is 35.5. The molecule has 6 heteroatoms. The number of benzene rings is 2. The van der Waals surface area contributed by atoms with E-state index in [0.717, 1.165) is 35.5 Å². The second kappa shape index (κ2) is 12.3. The van der Waals surface area contributed by atoms with Crippen LogP contribution in [0.2, 0.25) is 0 Å². The molecular formula is C22H31ClN2O3. The molecule has 0 fully saturated rings. The quantitative estimate of drug-likeness (QED) is 0.603. The molecule has 1 amide bonds.